The molecule has 3 aromatic heterocycles. The number of para-hydroxylation sites is 3. The molecule has 0 aliphatic carbocycles. The Hall–Kier alpha value is -3.95. The summed E-state index contributed by atoms with van der Waals surface area (Å²) in [6.07, 6.45) is 3.56. The maximum atomic E-state index is 12.9. The Labute approximate surface area is 170 Å². The van der Waals surface area contributed by atoms with Crippen molar-refractivity contribution in [1.82, 2.24) is 14.5 Å². The molecule has 0 fully saturated rings. The zero-order valence-electron chi connectivity index (χ0n) is 15.2. The predicted molar refractivity (Wildman–Crippen MR) is 116 cm³/mol. The van der Waals surface area contributed by atoms with Crippen molar-refractivity contribution in [3.63, 3.8) is 0 Å². The third-order valence-corrected chi connectivity index (χ3v) is 5.62. The Morgan fingerprint density at radius 2 is 1.93 bits per heavy atom. The third kappa shape index (κ3) is 2.94. The molecule has 5 rings (SSSR count). The molecule has 0 saturated heterocycles. The summed E-state index contributed by atoms with van der Waals surface area (Å²) in [7, 11) is 0. The van der Waals surface area contributed by atoms with Gasteiger partial charge in [0.15, 0.2) is 0 Å². The van der Waals surface area contributed by atoms with Crippen LogP contribution in [0.15, 0.2) is 72.2 Å². The third-order valence-electron chi connectivity index (χ3n) is 4.76. The van der Waals surface area contributed by atoms with Crippen molar-refractivity contribution in [3.8, 4) is 6.07 Å². The van der Waals surface area contributed by atoms with Crippen LogP contribution in [0.3, 0.4) is 0 Å². The zero-order chi connectivity index (χ0) is 19.8. The number of nitriles is 1. The monoisotopic (exact) mass is 394 g/mol. The summed E-state index contributed by atoms with van der Waals surface area (Å²) in [6.45, 7) is 0. The topological polar surface area (TPSA) is 74.5 Å². The number of hydrogen-bond donors (Lipinski definition) is 1. The van der Waals surface area contributed by atoms with E-state index in [9.17, 15) is 10.1 Å². The van der Waals surface area contributed by atoms with Gasteiger partial charge in [0.25, 0.3) is 5.91 Å². The number of nitrogens with zero attached hydrogens (tertiary/aromatic N) is 3. The molecular formula is C23H14N4OS. The molecule has 5 nitrogen and oxygen atoms in total. The second-order valence-electron chi connectivity index (χ2n) is 6.53. The van der Waals surface area contributed by atoms with Crippen LogP contribution in [0.1, 0.15) is 21.1 Å². The SMILES string of the molecule is N#C/C(=C\c1cn(C(=O)c2cccs2)c2ccccc12)c1nc2ccccc2[nH]1. The van der Waals surface area contributed by atoms with Crippen LogP contribution < -0.4 is 0 Å². The number of carbonyl (C=O) groups is 1. The quantitative estimate of drug-likeness (QED) is 0.420. The van der Waals surface area contributed by atoms with Crippen molar-refractivity contribution < 1.29 is 4.79 Å². The van der Waals surface area contributed by atoms with Gasteiger partial charge in [-0.25, -0.2) is 4.98 Å². The van der Waals surface area contributed by atoms with Crippen LogP contribution in [0.5, 0.6) is 0 Å². The van der Waals surface area contributed by atoms with Gasteiger partial charge in [-0.1, -0.05) is 36.4 Å². The van der Waals surface area contributed by atoms with Crippen LogP contribution in [0.4, 0.5) is 0 Å². The standard InChI is InChI=1S/C23H14N4OS/c24-13-15(22-25-18-7-2-3-8-19(18)26-22)12-16-14-27(20-9-4-1-6-17(16)20)23(28)21-10-5-11-29-21/h1-12,14H,(H,25,26)/b15-12+. The fourth-order valence-electron chi connectivity index (χ4n) is 3.40. The van der Waals surface area contributed by atoms with Crippen molar-refractivity contribution in [2.45, 2.75) is 0 Å². The van der Waals surface area contributed by atoms with Crippen LogP contribution in [-0.2, 0) is 0 Å². The highest BCUT2D eigenvalue weighted by atomic mass is 32.1. The molecule has 138 valence electrons. The number of nitrogens with one attached hydrogen (secondary N) is 1. The Balaban J connectivity index is 1.66. The number of thiophene rings is 1. The van der Waals surface area contributed by atoms with Crippen LogP contribution in [0, 0.1) is 11.3 Å². The summed E-state index contributed by atoms with van der Waals surface area (Å²) in [5.74, 6) is 0.424. The van der Waals surface area contributed by atoms with Crippen LogP contribution in [0.25, 0.3) is 33.6 Å². The van der Waals surface area contributed by atoms with E-state index in [1.165, 1.54) is 11.3 Å². The van der Waals surface area contributed by atoms with Gasteiger partial charge >= 0.3 is 0 Å². The van der Waals surface area contributed by atoms with Gasteiger partial charge in [0.05, 0.1) is 27.0 Å². The van der Waals surface area contributed by atoms with Crippen LogP contribution in [-0.4, -0.2) is 20.4 Å². The Kier molecular flexibility index (Phi) is 4.08. The molecule has 0 aliphatic rings. The molecule has 0 radical (unpaired) electrons. The summed E-state index contributed by atoms with van der Waals surface area (Å²) in [5, 5.41) is 12.5. The smallest absolute Gasteiger partial charge is 0.272 e. The molecular weight excluding hydrogens is 380 g/mol. The van der Waals surface area contributed by atoms with Crippen molar-refractivity contribution in [3.05, 3.63) is 88.5 Å². The van der Waals surface area contributed by atoms with Gasteiger partial charge in [0, 0.05) is 17.1 Å². The summed E-state index contributed by atoms with van der Waals surface area (Å²) in [6, 6.07) is 21.2. The van der Waals surface area contributed by atoms with Crippen LogP contribution in [0.2, 0.25) is 0 Å². The Bertz CT molecular complexity index is 1400. The minimum atomic E-state index is -0.0851. The number of hydrogen-bond acceptors (Lipinski definition) is 4. The predicted octanol–water partition coefficient (Wildman–Crippen LogP) is 5.33. The van der Waals surface area contributed by atoms with E-state index in [-0.39, 0.29) is 5.91 Å². The molecule has 0 saturated carbocycles. The van der Waals surface area contributed by atoms with Gasteiger partial charge in [-0.3, -0.25) is 9.36 Å². The average molecular weight is 394 g/mol. The van der Waals surface area contributed by atoms with E-state index in [2.05, 4.69) is 16.0 Å². The van der Waals surface area contributed by atoms with E-state index in [0.717, 1.165) is 27.5 Å². The number of imidazole rings is 1. The molecule has 6 heteroatoms. The number of H-pyrrole nitrogens is 1. The first-order valence-corrected chi connectivity index (χ1v) is 9.88. The lowest BCUT2D eigenvalue weighted by Gasteiger charge is -2.01. The van der Waals surface area contributed by atoms with Crippen molar-refractivity contribution in [1.29, 1.82) is 5.26 Å². The first-order chi connectivity index (χ1) is 14.2. The summed E-state index contributed by atoms with van der Waals surface area (Å²) in [5.41, 5.74) is 3.69. The van der Waals surface area contributed by atoms with Crippen molar-refractivity contribution >= 4 is 50.8 Å². The summed E-state index contributed by atoms with van der Waals surface area (Å²) in [4.78, 5) is 21.3. The second-order valence-corrected chi connectivity index (χ2v) is 7.47. The average Bonchev–Trinajstić information content (AvgIpc) is 3.50. The van der Waals surface area contributed by atoms with Crippen molar-refractivity contribution in [2.75, 3.05) is 0 Å². The largest absolute Gasteiger partial charge is 0.337 e. The number of fused-ring (bicyclic) bond motifs is 2. The second kappa shape index (κ2) is 6.89. The molecule has 5 aromatic rings. The van der Waals surface area contributed by atoms with E-state index in [1.807, 2.05) is 66.0 Å². The van der Waals surface area contributed by atoms with Gasteiger partial charge < -0.3 is 4.98 Å². The van der Waals surface area contributed by atoms with Gasteiger partial charge in [-0.2, -0.15) is 5.26 Å². The number of aromatic amines is 1. The molecule has 0 aliphatic heterocycles. The number of benzene rings is 2. The van der Waals surface area contributed by atoms with E-state index >= 15 is 0 Å². The lowest BCUT2D eigenvalue weighted by Crippen LogP contribution is -2.08. The molecule has 0 amide bonds. The summed E-state index contributed by atoms with van der Waals surface area (Å²) >= 11 is 1.41. The van der Waals surface area contributed by atoms with Gasteiger partial charge in [-0.15, -0.1) is 11.3 Å². The molecule has 1 N–H and O–H groups in total. The number of rotatable bonds is 3. The van der Waals surface area contributed by atoms with E-state index < -0.39 is 0 Å². The zero-order valence-corrected chi connectivity index (χ0v) is 16.0. The highest BCUT2D eigenvalue weighted by Crippen LogP contribution is 2.27. The summed E-state index contributed by atoms with van der Waals surface area (Å²) < 4.78 is 1.64. The Morgan fingerprint density at radius 1 is 1.10 bits per heavy atom. The Morgan fingerprint density at radius 3 is 2.72 bits per heavy atom. The van der Waals surface area contributed by atoms with E-state index in [0.29, 0.717) is 16.3 Å². The van der Waals surface area contributed by atoms with E-state index in [1.54, 1.807) is 16.8 Å². The van der Waals surface area contributed by atoms with Crippen LogP contribution >= 0.6 is 11.3 Å². The molecule has 0 bridgehead atoms. The highest BCUT2D eigenvalue weighted by Gasteiger charge is 2.16. The van der Waals surface area contributed by atoms with Crippen molar-refractivity contribution in [2.24, 2.45) is 0 Å². The maximum Gasteiger partial charge on any atom is 0.272 e. The normalized spacial score (nSPS) is 11.8. The highest BCUT2D eigenvalue weighted by molar-refractivity contribution is 7.12. The number of carbonyl (C=O) groups excluding carboxylic acids is 1. The fourth-order valence-corrected chi connectivity index (χ4v) is 4.06. The minimum Gasteiger partial charge on any atom is -0.337 e. The molecule has 3 heterocycles. The molecule has 2 aromatic carbocycles. The molecule has 0 unspecified atom stereocenters. The van der Waals surface area contributed by atoms with E-state index in [4.69, 9.17) is 0 Å². The first-order valence-electron chi connectivity index (χ1n) is 9.00. The molecule has 0 atom stereocenters. The molecule has 29 heavy (non-hydrogen) atoms. The minimum absolute atomic E-state index is 0.0851. The van der Waals surface area contributed by atoms with Gasteiger partial charge in [0.1, 0.15) is 11.9 Å². The first kappa shape index (κ1) is 17.2. The number of aromatic nitrogens is 3. The van der Waals surface area contributed by atoms with Gasteiger partial charge in [-0.05, 0) is 35.7 Å². The maximum absolute atomic E-state index is 12.9. The lowest BCUT2D eigenvalue weighted by atomic mass is 10.1. The lowest BCUT2D eigenvalue weighted by molar-refractivity contribution is 0.0969. The fraction of sp³-hybridized carbons (Fsp3) is 0. The van der Waals surface area contributed by atoms with Gasteiger partial charge in [0.2, 0.25) is 0 Å². The number of allylic oxidation sites excluding steroid dienone is 1. The molecule has 0 spiro atoms.